The molecule has 2 fully saturated rings. The van der Waals surface area contributed by atoms with Crippen molar-refractivity contribution >= 4 is 0 Å². The molecule has 0 amide bonds. The third-order valence-electron chi connectivity index (χ3n) is 9.96. The topological polar surface area (TPSA) is 89.9 Å². The van der Waals surface area contributed by atoms with Crippen LogP contribution >= 0.6 is 0 Å². The predicted octanol–water partition coefficient (Wildman–Crippen LogP) is 3.82. The molecule has 2 N–H and O–H groups in total. The Labute approximate surface area is 233 Å². The molecule has 1 aromatic rings. The van der Waals surface area contributed by atoms with Crippen LogP contribution in [0.1, 0.15) is 77.3 Å². The zero-order valence-electron chi connectivity index (χ0n) is 24.5. The molecule has 2 heterocycles. The van der Waals surface area contributed by atoms with Gasteiger partial charge in [-0.05, 0) is 83.4 Å². The lowest BCUT2D eigenvalue weighted by Crippen LogP contribution is -2.74. The molecule has 2 unspecified atom stereocenters. The van der Waals surface area contributed by atoms with Gasteiger partial charge in [-0.3, -0.25) is 4.90 Å². The number of methoxy groups -OCH3 is 1. The molecule has 1 saturated carbocycles. The number of nitrogens with zero attached hydrogens (tertiary/aromatic N) is 1. The van der Waals surface area contributed by atoms with Gasteiger partial charge in [-0.2, -0.15) is 0 Å². The number of aliphatic hydroxyl groups excluding tert-OH is 1. The largest absolute Gasteiger partial charge is 0.482 e. The van der Waals surface area contributed by atoms with Gasteiger partial charge in [0.25, 0.3) is 0 Å². The number of benzene rings is 1. The Balaban J connectivity index is 1.53. The van der Waals surface area contributed by atoms with Gasteiger partial charge in [0.05, 0.1) is 35.9 Å². The van der Waals surface area contributed by atoms with Crippen molar-refractivity contribution in [1.29, 1.82) is 0 Å². The first-order chi connectivity index (χ1) is 18.7. The zero-order chi connectivity index (χ0) is 27.8. The number of piperidine rings is 1. The van der Waals surface area contributed by atoms with Crippen molar-refractivity contribution in [2.24, 2.45) is 5.92 Å². The summed E-state index contributed by atoms with van der Waals surface area (Å²) >= 11 is 0. The molecule has 1 aromatic carbocycles. The number of hydrogen-bond acceptors (Lipinski definition) is 8. The molecule has 2 bridgehead atoms. The van der Waals surface area contributed by atoms with Crippen molar-refractivity contribution in [1.82, 2.24) is 4.90 Å². The average Bonchev–Trinajstić information content (AvgIpc) is 3.21. The van der Waals surface area contributed by atoms with E-state index in [-0.39, 0.29) is 31.6 Å². The molecule has 2 aliphatic carbocycles. The van der Waals surface area contributed by atoms with E-state index in [0.717, 1.165) is 49.6 Å². The first-order valence-corrected chi connectivity index (χ1v) is 15.0. The highest BCUT2D eigenvalue weighted by atomic mass is 16.7. The second-order valence-corrected chi connectivity index (χ2v) is 12.8. The summed E-state index contributed by atoms with van der Waals surface area (Å²) in [5.41, 5.74) is 0.173. The third kappa shape index (κ3) is 5.10. The van der Waals surface area contributed by atoms with E-state index in [4.69, 9.17) is 23.7 Å². The number of hydrogen-bond donors (Lipinski definition) is 2. The zero-order valence-corrected chi connectivity index (χ0v) is 24.5. The van der Waals surface area contributed by atoms with Gasteiger partial charge in [-0.15, -0.1) is 0 Å². The summed E-state index contributed by atoms with van der Waals surface area (Å²) in [6.45, 7) is 11.3. The van der Waals surface area contributed by atoms with Crippen LogP contribution in [-0.4, -0.2) is 91.4 Å². The van der Waals surface area contributed by atoms with Gasteiger partial charge < -0.3 is 33.9 Å². The highest BCUT2D eigenvalue weighted by Crippen LogP contribution is 2.63. The lowest BCUT2D eigenvalue weighted by Gasteiger charge is -2.61. The summed E-state index contributed by atoms with van der Waals surface area (Å²) in [6, 6.07) is 4.17. The van der Waals surface area contributed by atoms with Crippen molar-refractivity contribution in [2.75, 3.05) is 46.8 Å². The summed E-state index contributed by atoms with van der Waals surface area (Å²) in [4.78, 5) is 2.55. The summed E-state index contributed by atoms with van der Waals surface area (Å²) in [5.74, 6) is 2.10. The molecular weight excluding hydrogens is 498 g/mol. The van der Waals surface area contributed by atoms with E-state index in [1.54, 1.807) is 7.11 Å². The second kappa shape index (κ2) is 11.5. The van der Waals surface area contributed by atoms with Crippen molar-refractivity contribution in [3.8, 4) is 11.5 Å². The maximum atomic E-state index is 12.6. The van der Waals surface area contributed by atoms with Crippen LogP contribution in [0.5, 0.6) is 11.5 Å². The van der Waals surface area contributed by atoms with E-state index >= 15 is 0 Å². The fourth-order valence-electron chi connectivity index (χ4n) is 7.61. The molecular formula is C31H49NO7. The standard InChI is InChI=1S/C31H49NO7/c1-6-23(39-29(2,3)13-15-33)28-31-12-14-32(19-21-8-7-9-21)25(30(31,4)34)18-22-10-11-24(27(38-28)26(22)31)37-20-36-17-16-35-5/h10-11,21,23,25,28,33-34H,6-9,12-20H2,1-5H3/t23?,25-,28?,30-,31+/m1/s1. The number of likely N-dealkylation sites (tertiary alicyclic amines) is 1. The molecule has 5 atom stereocenters. The van der Waals surface area contributed by atoms with Gasteiger partial charge in [0, 0.05) is 31.9 Å². The first-order valence-electron chi connectivity index (χ1n) is 15.0. The average molecular weight is 548 g/mol. The second-order valence-electron chi connectivity index (χ2n) is 12.8. The first kappa shape index (κ1) is 29.1. The summed E-state index contributed by atoms with van der Waals surface area (Å²) < 4.78 is 30.4. The molecule has 220 valence electrons. The van der Waals surface area contributed by atoms with Crippen molar-refractivity contribution < 1.29 is 33.9 Å². The number of rotatable bonds is 14. The predicted molar refractivity (Wildman–Crippen MR) is 148 cm³/mol. The number of fused-ring (bicyclic) bond motifs is 1. The summed E-state index contributed by atoms with van der Waals surface area (Å²) in [6.07, 6.45) is 6.11. The Morgan fingerprint density at radius 3 is 2.69 bits per heavy atom. The van der Waals surface area contributed by atoms with Crippen molar-refractivity contribution in [3.63, 3.8) is 0 Å². The van der Waals surface area contributed by atoms with Gasteiger partial charge in [0.1, 0.15) is 6.10 Å². The molecule has 0 radical (unpaired) electrons. The number of aliphatic hydroxyl groups is 2. The fourth-order valence-corrected chi connectivity index (χ4v) is 7.61. The minimum absolute atomic E-state index is 0.0171. The van der Waals surface area contributed by atoms with Crippen molar-refractivity contribution in [3.05, 3.63) is 23.3 Å². The molecule has 1 saturated heterocycles. The molecule has 5 rings (SSSR count). The van der Waals surface area contributed by atoms with Crippen LogP contribution in [0.15, 0.2) is 12.1 Å². The van der Waals surface area contributed by atoms with Gasteiger partial charge >= 0.3 is 0 Å². The van der Waals surface area contributed by atoms with E-state index in [1.807, 2.05) is 26.8 Å². The smallest absolute Gasteiger partial charge is 0.189 e. The third-order valence-corrected chi connectivity index (χ3v) is 9.96. The van der Waals surface area contributed by atoms with Gasteiger partial charge in [0.2, 0.25) is 0 Å². The molecule has 39 heavy (non-hydrogen) atoms. The van der Waals surface area contributed by atoms with Crippen LogP contribution in [0.25, 0.3) is 0 Å². The normalized spacial score (nSPS) is 30.9. The summed E-state index contributed by atoms with van der Waals surface area (Å²) in [7, 11) is 1.65. The molecule has 2 aliphatic heterocycles. The van der Waals surface area contributed by atoms with E-state index in [2.05, 4.69) is 17.9 Å². The lowest BCUT2D eigenvalue weighted by atomic mass is 9.52. The Morgan fingerprint density at radius 2 is 2.03 bits per heavy atom. The Kier molecular flexibility index (Phi) is 8.54. The fraction of sp³-hybridized carbons (Fsp3) is 0.806. The van der Waals surface area contributed by atoms with E-state index in [9.17, 15) is 10.2 Å². The van der Waals surface area contributed by atoms with Gasteiger partial charge in [-0.25, -0.2) is 0 Å². The van der Waals surface area contributed by atoms with E-state index in [1.165, 1.54) is 24.8 Å². The molecule has 1 spiro atoms. The molecule has 8 heteroatoms. The number of ether oxygens (including phenoxy) is 5. The Bertz CT molecular complexity index is 993. The highest BCUT2D eigenvalue weighted by Gasteiger charge is 2.69. The maximum absolute atomic E-state index is 12.6. The quantitative estimate of drug-likeness (QED) is 0.268. The Hall–Kier alpha value is -1.42. The van der Waals surface area contributed by atoms with Crippen LogP contribution in [0.2, 0.25) is 0 Å². The molecule has 8 nitrogen and oxygen atoms in total. The maximum Gasteiger partial charge on any atom is 0.189 e. The van der Waals surface area contributed by atoms with Gasteiger partial charge in [0.15, 0.2) is 18.3 Å². The monoisotopic (exact) mass is 547 g/mol. The van der Waals surface area contributed by atoms with Crippen LogP contribution in [-0.2, 0) is 26.0 Å². The van der Waals surface area contributed by atoms with E-state index < -0.39 is 16.6 Å². The highest BCUT2D eigenvalue weighted by molar-refractivity contribution is 5.62. The minimum atomic E-state index is -1.01. The van der Waals surface area contributed by atoms with Crippen LogP contribution in [0.4, 0.5) is 0 Å². The van der Waals surface area contributed by atoms with Crippen LogP contribution < -0.4 is 9.47 Å². The Morgan fingerprint density at radius 1 is 1.23 bits per heavy atom. The lowest BCUT2D eigenvalue weighted by molar-refractivity contribution is -0.194. The van der Waals surface area contributed by atoms with E-state index in [0.29, 0.717) is 25.4 Å². The van der Waals surface area contributed by atoms with Crippen LogP contribution in [0.3, 0.4) is 0 Å². The minimum Gasteiger partial charge on any atom is -0.482 e. The van der Waals surface area contributed by atoms with Gasteiger partial charge in [-0.1, -0.05) is 19.4 Å². The molecule has 4 aliphatic rings. The summed E-state index contributed by atoms with van der Waals surface area (Å²) in [5, 5.41) is 22.3. The SMILES string of the molecule is CCC(OC(C)(C)CCO)C1Oc2c(OCOCCOC)ccc3c2[C@@]12CCN(CC1CCC1)[C@H](C3)[C@@]2(C)O. The van der Waals surface area contributed by atoms with Crippen molar-refractivity contribution in [2.45, 2.75) is 108 Å². The van der Waals surface area contributed by atoms with Crippen LogP contribution in [0, 0.1) is 5.92 Å². The molecule has 0 aromatic heterocycles.